The SMILES string of the molecule is Cc1c(C)c(C(c2ccc(C(c3ccc(O)cc3)c3ccc(O)cc3)cc2)c2c(C)c(C)c(O)c(C)c2C)c(C)c(C)c1O. The standard InChI is InChI=1S/C40H42O4/c1-21-25(5)39(43)26(6)22(2)35(21)38(36-23(3)27(7)40(44)28(8)24(36)4)32-11-9-29(10-12-32)37(30-13-17-33(41)18-14-30)31-15-19-34(42)20-16-31/h9-20,37-38,41-44H,1-8H3. The summed E-state index contributed by atoms with van der Waals surface area (Å²) in [6.07, 6.45) is 0. The van der Waals surface area contributed by atoms with Gasteiger partial charge in [-0.1, -0.05) is 48.5 Å². The van der Waals surface area contributed by atoms with Crippen molar-refractivity contribution in [1.82, 2.24) is 0 Å². The van der Waals surface area contributed by atoms with Crippen LogP contribution in [0.3, 0.4) is 0 Å². The van der Waals surface area contributed by atoms with Crippen LogP contribution < -0.4 is 0 Å². The summed E-state index contributed by atoms with van der Waals surface area (Å²) in [5.41, 5.74) is 14.4. The Morgan fingerprint density at radius 3 is 0.818 bits per heavy atom. The molecule has 0 amide bonds. The first kappa shape index (κ1) is 30.7. The van der Waals surface area contributed by atoms with E-state index in [4.69, 9.17) is 0 Å². The van der Waals surface area contributed by atoms with Crippen LogP contribution >= 0.6 is 0 Å². The lowest BCUT2D eigenvalue weighted by molar-refractivity contribution is 0.465. The summed E-state index contributed by atoms with van der Waals surface area (Å²) in [6, 6.07) is 23.3. The topological polar surface area (TPSA) is 80.9 Å². The van der Waals surface area contributed by atoms with E-state index in [9.17, 15) is 20.4 Å². The zero-order valence-electron chi connectivity index (χ0n) is 26.9. The van der Waals surface area contributed by atoms with E-state index in [-0.39, 0.29) is 23.3 Å². The van der Waals surface area contributed by atoms with Crippen LogP contribution in [-0.2, 0) is 0 Å². The van der Waals surface area contributed by atoms with Crippen LogP contribution in [0.15, 0.2) is 72.8 Å². The summed E-state index contributed by atoms with van der Waals surface area (Å²) in [6.45, 7) is 16.3. The second kappa shape index (κ2) is 11.8. The van der Waals surface area contributed by atoms with Crippen LogP contribution in [0.2, 0.25) is 0 Å². The average Bonchev–Trinajstić information content (AvgIpc) is 3.02. The number of phenolic OH excluding ortho intramolecular Hbond substituents is 4. The largest absolute Gasteiger partial charge is 0.508 e. The van der Waals surface area contributed by atoms with Crippen LogP contribution in [0.5, 0.6) is 23.0 Å². The molecule has 4 heteroatoms. The number of phenols is 4. The Balaban J connectivity index is 1.76. The van der Waals surface area contributed by atoms with Gasteiger partial charge in [0, 0.05) is 11.8 Å². The van der Waals surface area contributed by atoms with Crippen molar-refractivity contribution in [3.05, 3.63) is 151 Å². The van der Waals surface area contributed by atoms with Gasteiger partial charge in [-0.25, -0.2) is 0 Å². The Morgan fingerprint density at radius 1 is 0.318 bits per heavy atom. The molecule has 0 saturated carbocycles. The van der Waals surface area contributed by atoms with Crippen molar-refractivity contribution in [2.24, 2.45) is 0 Å². The van der Waals surface area contributed by atoms with Gasteiger partial charge < -0.3 is 20.4 Å². The summed E-state index contributed by atoms with van der Waals surface area (Å²) in [5.74, 6) is 0.886. The van der Waals surface area contributed by atoms with Crippen molar-refractivity contribution in [3.63, 3.8) is 0 Å². The Kier molecular flexibility index (Phi) is 8.22. The first-order chi connectivity index (χ1) is 20.8. The molecule has 4 N–H and O–H groups in total. The molecule has 5 aromatic carbocycles. The molecule has 0 unspecified atom stereocenters. The second-order valence-electron chi connectivity index (χ2n) is 12.2. The third-order valence-electron chi connectivity index (χ3n) is 9.92. The molecular weight excluding hydrogens is 544 g/mol. The molecule has 0 heterocycles. The Morgan fingerprint density at radius 2 is 0.545 bits per heavy atom. The van der Waals surface area contributed by atoms with Gasteiger partial charge in [-0.05, 0) is 158 Å². The van der Waals surface area contributed by atoms with Gasteiger partial charge in [-0.3, -0.25) is 0 Å². The Hall–Kier alpha value is -4.70. The van der Waals surface area contributed by atoms with Gasteiger partial charge in [0.25, 0.3) is 0 Å². The zero-order valence-corrected chi connectivity index (χ0v) is 26.9. The number of benzene rings is 5. The quantitative estimate of drug-likeness (QED) is 0.149. The molecule has 5 aromatic rings. The fourth-order valence-electron chi connectivity index (χ4n) is 6.78. The number of hydrogen-bond acceptors (Lipinski definition) is 4. The van der Waals surface area contributed by atoms with Crippen molar-refractivity contribution < 1.29 is 20.4 Å². The first-order valence-corrected chi connectivity index (χ1v) is 15.1. The highest BCUT2D eigenvalue weighted by atomic mass is 16.3. The van der Waals surface area contributed by atoms with Gasteiger partial charge >= 0.3 is 0 Å². The highest BCUT2D eigenvalue weighted by Gasteiger charge is 2.29. The van der Waals surface area contributed by atoms with Gasteiger partial charge in [0.1, 0.15) is 23.0 Å². The molecule has 0 aliphatic carbocycles. The van der Waals surface area contributed by atoms with Crippen LogP contribution in [0.4, 0.5) is 0 Å². The number of aromatic hydroxyl groups is 4. The summed E-state index contributed by atoms with van der Waals surface area (Å²) < 4.78 is 0. The van der Waals surface area contributed by atoms with Crippen LogP contribution in [-0.4, -0.2) is 20.4 Å². The highest BCUT2D eigenvalue weighted by Crippen LogP contribution is 2.46. The van der Waals surface area contributed by atoms with Crippen molar-refractivity contribution in [3.8, 4) is 23.0 Å². The minimum Gasteiger partial charge on any atom is -0.508 e. The Bertz CT molecular complexity index is 1670. The number of rotatable bonds is 6. The lowest BCUT2D eigenvalue weighted by Crippen LogP contribution is -2.14. The summed E-state index contributed by atoms with van der Waals surface area (Å²) >= 11 is 0. The molecule has 0 aliphatic heterocycles. The molecule has 0 spiro atoms. The normalized spacial score (nSPS) is 11.5. The van der Waals surface area contributed by atoms with E-state index < -0.39 is 0 Å². The summed E-state index contributed by atoms with van der Waals surface area (Å²) in [7, 11) is 0. The molecule has 226 valence electrons. The minimum absolute atomic E-state index is 0.105. The smallest absolute Gasteiger partial charge is 0.121 e. The molecule has 0 atom stereocenters. The van der Waals surface area contributed by atoms with E-state index >= 15 is 0 Å². The third-order valence-corrected chi connectivity index (χ3v) is 9.92. The maximum atomic E-state index is 10.9. The molecule has 0 radical (unpaired) electrons. The average molecular weight is 587 g/mol. The second-order valence-corrected chi connectivity index (χ2v) is 12.2. The van der Waals surface area contributed by atoms with E-state index in [1.165, 1.54) is 11.1 Å². The molecule has 0 bridgehead atoms. The van der Waals surface area contributed by atoms with Crippen LogP contribution in [0.25, 0.3) is 0 Å². The van der Waals surface area contributed by atoms with Gasteiger partial charge in [0.15, 0.2) is 0 Å². The van der Waals surface area contributed by atoms with E-state index in [1.54, 1.807) is 24.3 Å². The molecule has 0 aliphatic rings. The molecule has 44 heavy (non-hydrogen) atoms. The number of hydrogen-bond donors (Lipinski definition) is 4. The fraction of sp³-hybridized carbons (Fsp3) is 0.250. The minimum atomic E-state index is -0.124. The molecule has 0 aromatic heterocycles. The maximum Gasteiger partial charge on any atom is 0.121 e. The molecule has 5 rings (SSSR count). The van der Waals surface area contributed by atoms with Crippen molar-refractivity contribution in [2.45, 2.75) is 67.2 Å². The maximum absolute atomic E-state index is 10.9. The molecule has 0 saturated heterocycles. The van der Waals surface area contributed by atoms with E-state index in [0.717, 1.165) is 66.8 Å². The summed E-state index contributed by atoms with van der Waals surface area (Å²) in [5, 5.41) is 41.8. The lowest BCUT2D eigenvalue weighted by atomic mass is 9.74. The van der Waals surface area contributed by atoms with Gasteiger partial charge in [0.05, 0.1) is 0 Å². The van der Waals surface area contributed by atoms with Crippen LogP contribution in [0, 0.1) is 55.4 Å². The van der Waals surface area contributed by atoms with Crippen LogP contribution in [0.1, 0.15) is 89.7 Å². The van der Waals surface area contributed by atoms with E-state index in [0.29, 0.717) is 11.5 Å². The van der Waals surface area contributed by atoms with Gasteiger partial charge in [-0.2, -0.15) is 0 Å². The van der Waals surface area contributed by atoms with E-state index in [1.807, 2.05) is 52.0 Å². The molecular formula is C40H42O4. The molecule has 4 nitrogen and oxygen atoms in total. The van der Waals surface area contributed by atoms with Gasteiger partial charge in [-0.15, -0.1) is 0 Å². The zero-order chi connectivity index (χ0) is 32.0. The first-order valence-electron chi connectivity index (χ1n) is 15.1. The monoisotopic (exact) mass is 586 g/mol. The molecule has 0 fully saturated rings. The summed E-state index contributed by atoms with van der Waals surface area (Å²) in [4.78, 5) is 0. The predicted octanol–water partition coefficient (Wildman–Crippen LogP) is 9.34. The highest BCUT2D eigenvalue weighted by molar-refractivity contribution is 5.64. The van der Waals surface area contributed by atoms with Crippen molar-refractivity contribution in [1.29, 1.82) is 0 Å². The van der Waals surface area contributed by atoms with Crippen molar-refractivity contribution >= 4 is 0 Å². The fourth-order valence-corrected chi connectivity index (χ4v) is 6.78. The van der Waals surface area contributed by atoms with Crippen molar-refractivity contribution in [2.75, 3.05) is 0 Å². The lowest BCUT2D eigenvalue weighted by Gasteiger charge is -2.30. The van der Waals surface area contributed by atoms with E-state index in [2.05, 4.69) is 52.0 Å². The predicted molar refractivity (Wildman–Crippen MR) is 179 cm³/mol. The van der Waals surface area contributed by atoms with Gasteiger partial charge in [0.2, 0.25) is 0 Å². The Labute approximate surface area is 260 Å². The third kappa shape index (κ3) is 5.19.